The van der Waals surface area contributed by atoms with Gasteiger partial charge >= 0.3 is 0 Å². The number of pyridine rings is 1. The van der Waals surface area contributed by atoms with Crippen LogP contribution in [0.15, 0.2) is 41.1 Å². The fourth-order valence-corrected chi connectivity index (χ4v) is 2.46. The van der Waals surface area contributed by atoms with Crippen LogP contribution in [-0.4, -0.2) is 9.97 Å². The van der Waals surface area contributed by atoms with Crippen molar-refractivity contribution in [2.75, 3.05) is 5.32 Å². The zero-order valence-electron chi connectivity index (χ0n) is 10.3. The number of aromatic nitrogens is 2. The topological polar surface area (TPSA) is 40.7 Å². The molecule has 0 unspecified atom stereocenters. The van der Waals surface area contributed by atoms with E-state index in [-0.39, 0.29) is 5.69 Å². The average molecular weight is 338 g/mol. The number of aromatic amines is 1. The van der Waals surface area contributed by atoms with E-state index in [1.165, 1.54) is 12.1 Å². The van der Waals surface area contributed by atoms with Gasteiger partial charge < -0.3 is 10.3 Å². The Kier molecular flexibility index (Phi) is 3.40. The van der Waals surface area contributed by atoms with Crippen LogP contribution in [0.3, 0.4) is 0 Å². The van der Waals surface area contributed by atoms with Gasteiger partial charge in [-0.05, 0) is 29.8 Å². The molecule has 2 N–H and O–H groups in total. The molecule has 20 heavy (non-hydrogen) atoms. The first kappa shape index (κ1) is 13.1. The number of fused-ring (bicyclic) bond motifs is 1. The highest BCUT2D eigenvalue weighted by atomic mass is 79.9. The quantitative estimate of drug-likeness (QED) is 0.751. The molecule has 0 saturated carbocycles. The van der Waals surface area contributed by atoms with Crippen molar-refractivity contribution in [3.05, 3.63) is 58.3 Å². The van der Waals surface area contributed by atoms with Crippen LogP contribution in [0.25, 0.3) is 11.0 Å². The van der Waals surface area contributed by atoms with Gasteiger partial charge in [0, 0.05) is 28.8 Å². The molecule has 2 heterocycles. The summed E-state index contributed by atoms with van der Waals surface area (Å²) in [5, 5.41) is 3.71. The highest BCUT2D eigenvalue weighted by Crippen LogP contribution is 2.25. The molecule has 0 bridgehead atoms. The molecule has 3 nitrogen and oxygen atoms in total. The van der Waals surface area contributed by atoms with Gasteiger partial charge in [0.25, 0.3) is 0 Å². The molecule has 3 rings (SSSR count). The maximum atomic E-state index is 13.7. The zero-order chi connectivity index (χ0) is 14.1. The van der Waals surface area contributed by atoms with E-state index in [1.807, 2.05) is 12.1 Å². The van der Waals surface area contributed by atoms with E-state index in [9.17, 15) is 8.78 Å². The van der Waals surface area contributed by atoms with E-state index in [1.54, 1.807) is 12.4 Å². The Morgan fingerprint density at radius 1 is 1.25 bits per heavy atom. The summed E-state index contributed by atoms with van der Waals surface area (Å²) in [7, 11) is 0. The van der Waals surface area contributed by atoms with Crippen LogP contribution in [0, 0.1) is 11.6 Å². The molecular formula is C14H10BrF2N3. The number of nitrogens with zero attached hydrogens (tertiary/aromatic N) is 1. The minimum absolute atomic E-state index is 0.133. The van der Waals surface area contributed by atoms with Crippen LogP contribution in [0.2, 0.25) is 0 Å². The summed E-state index contributed by atoms with van der Waals surface area (Å²) in [6, 6.07) is 6.18. The van der Waals surface area contributed by atoms with Gasteiger partial charge in [0.1, 0.15) is 23.0 Å². The van der Waals surface area contributed by atoms with Gasteiger partial charge in [-0.15, -0.1) is 0 Å². The Labute approximate surface area is 122 Å². The third-order valence-electron chi connectivity index (χ3n) is 3.00. The molecule has 0 amide bonds. The number of hydrogen-bond acceptors (Lipinski definition) is 2. The van der Waals surface area contributed by atoms with E-state index in [0.29, 0.717) is 11.0 Å². The van der Waals surface area contributed by atoms with E-state index in [2.05, 4.69) is 31.2 Å². The van der Waals surface area contributed by atoms with Gasteiger partial charge in [0.05, 0.1) is 0 Å². The number of nitrogens with one attached hydrogen (secondary N) is 2. The predicted octanol–water partition coefficient (Wildman–Crippen LogP) is 4.22. The van der Waals surface area contributed by atoms with Crippen LogP contribution in [0.1, 0.15) is 5.56 Å². The van der Waals surface area contributed by atoms with Crippen LogP contribution in [0.5, 0.6) is 0 Å². The minimum atomic E-state index is -0.630. The SMILES string of the molecule is Fc1cc(Br)cc(F)c1NCc1c[nH]c2ncccc12. The van der Waals surface area contributed by atoms with Gasteiger partial charge in [-0.3, -0.25) is 0 Å². The molecule has 3 aromatic rings. The van der Waals surface area contributed by atoms with Crippen LogP contribution >= 0.6 is 15.9 Å². The van der Waals surface area contributed by atoms with Crippen molar-refractivity contribution in [3.63, 3.8) is 0 Å². The molecule has 0 saturated heterocycles. The maximum absolute atomic E-state index is 13.7. The fourth-order valence-electron chi connectivity index (χ4n) is 2.05. The molecular weight excluding hydrogens is 328 g/mol. The first-order valence-electron chi connectivity index (χ1n) is 5.94. The van der Waals surface area contributed by atoms with Gasteiger partial charge in [0.15, 0.2) is 0 Å². The van der Waals surface area contributed by atoms with Crippen LogP contribution in [0.4, 0.5) is 14.5 Å². The summed E-state index contributed by atoms with van der Waals surface area (Å²) in [4.78, 5) is 7.18. The molecule has 0 radical (unpaired) electrons. The maximum Gasteiger partial charge on any atom is 0.150 e. The van der Waals surface area contributed by atoms with Crippen molar-refractivity contribution in [2.24, 2.45) is 0 Å². The Hall–Kier alpha value is -1.95. The summed E-state index contributed by atoms with van der Waals surface area (Å²) < 4.78 is 27.8. The lowest BCUT2D eigenvalue weighted by Gasteiger charge is -2.08. The lowest BCUT2D eigenvalue weighted by atomic mass is 10.2. The fraction of sp³-hybridized carbons (Fsp3) is 0.0714. The summed E-state index contributed by atoms with van der Waals surface area (Å²) in [5.41, 5.74) is 1.52. The molecule has 6 heteroatoms. The standard InChI is InChI=1S/C14H10BrF2N3/c15-9-4-11(16)13(12(17)5-9)19-6-8-7-20-14-10(8)2-1-3-18-14/h1-5,7,19H,6H2,(H,18,20). The van der Waals surface area contributed by atoms with E-state index in [4.69, 9.17) is 0 Å². The van der Waals surface area contributed by atoms with Crippen molar-refractivity contribution in [2.45, 2.75) is 6.54 Å². The lowest BCUT2D eigenvalue weighted by molar-refractivity contribution is 0.586. The zero-order valence-corrected chi connectivity index (χ0v) is 11.8. The summed E-state index contributed by atoms with van der Waals surface area (Å²) in [6.07, 6.45) is 3.46. The van der Waals surface area contributed by atoms with E-state index >= 15 is 0 Å². The number of H-pyrrole nitrogens is 1. The number of benzene rings is 1. The van der Waals surface area contributed by atoms with Crippen LogP contribution < -0.4 is 5.32 Å². The third-order valence-corrected chi connectivity index (χ3v) is 3.46. The van der Waals surface area contributed by atoms with E-state index in [0.717, 1.165) is 16.6 Å². The first-order chi connectivity index (χ1) is 9.65. The Bertz CT molecular complexity index is 747. The average Bonchev–Trinajstić information content (AvgIpc) is 2.81. The Morgan fingerprint density at radius 3 is 2.75 bits per heavy atom. The minimum Gasteiger partial charge on any atom is -0.376 e. The van der Waals surface area contributed by atoms with Gasteiger partial charge in [-0.2, -0.15) is 0 Å². The van der Waals surface area contributed by atoms with Gasteiger partial charge in [0.2, 0.25) is 0 Å². The van der Waals surface area contributed by atoms with Crippen molar-refractivity contribution in [1.29, 1.82) is 0 Å². The predicted molar refractivity (Wildman–Crippen MR) is 77.5 cm³/mol. The summed E-state index contributed by atoms with van der Waals surface area (Å²) in [6.45, 7) is 0.307. The molecule has 0 spiro atoms. The van der Waals surface area contributed by atoms with Gasteiger partial charge in [-0.1, -0.05) is 15.9 Å². The second-order valence-corrected chi connectivity index (χ2v) is 5.23. The second-order valence-electron chi connectivity index (χ2n) is 4.31. The first-order valence-corrected chi connectivity index (χ1v) is 6.74. The molecule has 0 aliphatic heterocycles. The molecule has 0 atom stereocenters. The molecule has 0 aliphatic carbocycles. The molecule has 1 aromatic carbocycles. The Morgan fingerprint density at radius 2 is 2.00 bits per heavy atom. The number of anilines is 1. The Balaban J connectivity index is 1.87. The van der Waals surface area contributed by atoms with Gasteiger partial charge in [-0.25, -0.2) is 13.8 Å². The summed E-state index contributed by atoms with van der Waals surface area (Å²) >= 11 is 3.05. The van der Waals surface area contributed by atoms with E-state index < -0.39 is 11.6 Å². The number of rotatable bonds is 3. The normalized spacial score (nSPS) is 10.9. The second kappa shape index (κ2) is 5.20. The molecule has 2 aromatic heterocycles. The summed E-state index contributed by atoms with van der Waals surface area (Å²) in [5.74, 6) is -1.26. The molecule has 0 fully saturated rings. The van der Waals surface area contributed by atoms with Crippen molar-refractivity contribution >= 4 is 32.7 Å². The highest BCUT2D eigenvalue weighted by Gasteiger charge is 2.11. The molecule has 102 valence electrons. The number of hydrogen-bond donors (Lipinski definition) is 2. The highest BCUT2D eigenvalue weighted by molar-refractivity contribution is 9.10. The van der Waals surface area contributed by atoms with Crippen molar-refractivity contribution in [1.82, 2.24) is 9.97 Å². The molecule has 0 aliphatic rings. The lowest BCUT2D eigenvalue weighted by Crippen LogP contribution is -2.03. The van der Waals surface area contributed by atoms with Crippen molar-refractivity contribution in [3.8, 4) is 0 Å². The van der Waals surface area contributed by atoms with Crippen molar-refractivity contribution < 1.29 is 8.78 Å². The third kappa shape index (κ3) is 2.38. The monoisotopic (exact) mass is 337 g/mol. The van der Waals surface area contributed by atoms with Crippen LogP contribution in [-0.2, 0) is 6.54 Å². The largest absolute Gasteiger partial charge is 0.376 e. The smallest absolute Gasteiger partial charge is 0.150 e. The number of halogens is 3.